The smallest absolute Gasteiger partial charge is 0.207 e. The van der Waals surface area contributed by atoms with E-state index in [1.807, 2.05) is 19.1 Å². The molecule has 0 aromatic heterocycles. The van der Waals surface area contributed by atoms with Crippen LogP contribution < -0.4 is 0 Å². The number of hydrogen-bond acceptors (Lipinski definition) is 5. The predicted octanol–water partition coefficient (Wildman–Crippen LogP) is 6.71. The molecule has 0 atom stereocenters. The first-order valence-corrected chi connectivity index (χ1v) is 10.2. The molecule has 1 aromatic carbocycles. The third-order valence-corrected chi connectivity index (χ3v) is 5.50. The zero-order valence-electron chi connectivity index (χ0n) is 13.1. The maximum Gasteiger partial charge on any atom is 0.207 e. The van der Waals surface area contributed by atoms with Crippen molar-refractivity contribution in [3.63, 3.8) is 0 Å². The number of rotatable bonds is 6. The van der Waals surface area contributed by atoms with E-state index in [-0.39, 0.29) is 10.3 Å². The van der Waals surface area contributed by atoms with E-state index in [2.05, 4.69) is 20.9 Å². The Labute approximate surface area is 174 Å². The van der Waals surface area contributed by atoms with E-state index in [0.29, 0.717) is 15.7 Å². The number of ketones is 1. The van der Waals surface area contributed by atoms with Gasteiger partial charge >= 0.3 is 0 Å². The highest BCUT2D eigenvalue weighted by atomic mass is 79.9. The monoisotopic (exact) mass is 474 g/mol. The normalized spacial score (nSPS) is 12.1. The molecule has 0 bridgehead atoms. The standard InChI is InChI=1S/C17H13BrCl2N2OS2/c1-12(2-7-16(19)20)10-25-17(22-11-21)24-9-8-15(23)13-3-5-14(18)6-4-13/h2-9H,10H2,1H3. The minimum absolute atomic E-state index is 0.112. The highest BCUT2D eigenvalue weighted by Crippen LogP contribution is 2.21. The van der Waals surface area contributed by atoms with Gasteiger partial charge in [-0.05, 0) is 48.7 Å². The van der Waals surface area contributed by atoms with Crippen LogP contribution in [0.1, 0.15) is 17.3 Å². The van der Waals surface area contributed by atoms with E-state index in [4.69, 9.17) is 28.5 Å². The van der Waals surface area contributed by atoms with Gasteiger partial charge in [-0.1, -0.05) is 74.3 Å². The highest BCUT2D eigenvalue weighted by Gasteiger charge is 2.03. The summed E-state index contributed by atoms with van der Waals surface area (Å²) in [6.45, 7) is 1.92. The zero-order chi connectivity index (χ0) is 18.7. The number of halogens is 3. The first-order chi connectivity index (χ1) is 11.9. The van der Waals surface area contributed by atoms with Crippen LogP contribution in [0.4, 0.5) is 0 Å². The van der Waals surface area contributed by atoms with Crippen LogP contribution in [0.5, 0.6) is 0 Å². The Morgan fingerprint density at radius 3 is 2.60 bits per heavy atom. The van der Waals surface area contributed by atoms with E-state index in [0.717, 1.165) is 10.0 Å². The van der Waals surface area contributed by atoms with Crippen LogP contribution in [0.3, 0.4) is 0 Å². The molecular formula is C17H13BrCl2N2OS2. The number of thioether (sulfide) groups is 2. The number of aliphatic imine (C=N–C) groups is 1. The molecule has 0 saturated carbocycles. The zero-order valence-corrected chi connectivity index (χ0v) is 17.8. The number of benzene rings is 1. The van der Waals surface area contributed by atoms with Gasteiger partial charge in [0.15, 0.2) is 5.78 Å². The molecule has 8 heteroatoms. The maximum absolute atomic E-state index is 12.0. The SMILES string of the molecule is CC(=CC=C(Cl)Cl)CSC(=NC#N)SC=CC(=O)c1ccc(Br)cc1. The van der Waals surface area contributed by atoms with Gasteiger partial charge in [-0.25, -0.2) is 0 Å². The van der Waals surface area contributed by atoms with E-state index in [9.17, 15) is 4.79 Å². The lowest BCUT2D eigenvalue weighted by molar-refractivity contribution is 0.104. The summed E-state index contributed by atoms with van der Waals surface area (Å²) >= 11 is 17.0. The van der Waals surface area contributed by atoms with Crippen LogP contribution in [0, 0.1) is 11.5 Å². The fraction of sp³-hybridized carbons (Fsp3) is 0.118. The maximum atomic E-state index is 12.0. The summed E-state index contributed by atoms with van der Waals surface area (Å²) in [7, 11) is 0. The molecule has 1 rings (SSSR count). The summed E-state index contributed by atoms with van der Waals surface area (Å²) in [5, 5.41) is 10.4. The molecule has 0 fully saturated rings. The minimum atomic E-state index is -0.112. The lowest BCUT2D eigenvalue weighted by Gasteiger charge is -2.01. The van der Waals surface area contributed by atoms with Gasteiger partial charge in [-0.15, -0.1) is 0 Å². The Bertz CT molecular complexity index is 762. The second-order valence-corrected chi connectivity index (χ2v) is 8.57. The van der Waals surface area contributed by atoms with Gasteiger partial charge in [0.1, 0.15) is 8.87 Å². The molecule has 0 N–H and O–H groups in total. The molecular weight excluding hydrogens is 463 g/mol. The molecule has 0 aliphatic heterocycles. The first-order valence-electron chi connectivity index (χ1n) is 6.83. The Morgan fingerprint density at radius 1 is 1.32 bits per heavy atom. The molecule has 0 aliphatic carbocycles. The molecule has 0 aliphatic rings. The Kier molecular flexibility index (Phi) is 10.9. The fourth-order valence-electron chi connectivity index (χ4n) is 1.43. The topological polar surface area (TPSA) is 53.2 Å². The van der Waals surface area contributed by atoms with Gasteiger partial charge in [0, 0.05) is 15.8 Å². The highest BCUT2D eigenvalue weighted by molar-refractivity contribution is 9.10. The summed E-state index contributed by atoms with van der Waals surface area (Å²) in [4.78, 5) is 15.8. The molecule has 25 heavy (non-hydrogen) atoms. The molecule has 0 amide bonds. The van der Waals surface area contributed by atoms with Gasteiger partial charge < -0.3 is 0 Å². The molecule has 3 nitrogen and oxygen atoms in total. The number of nitrogens with zero attached hydrogens (tertiary/aromatic N) is 2. The quantitative estimate of drug-likeness (QED) is 0.114. The lowest BCUT2D eigenvalue weighted by atomic mass is 10.1. The Balaban J connectivity index is 2.61. The molecule has 0 spiro atoms. The number of nitriles is 1. The van der Waals surface area contributed by atoms with E-state index in [1.165, 1.54) is 29.6 Å². The fourth-order valence-corrected chi connectivity index (χ4v) is 3.39. The minimum Gasteiger partial charge on any atom is -0.289 e. The Morgan fingerprint density at radius 2 is 2.00 bits per heavy atom. The van der Waals surface area contributed by atoms with Crippen LogP contribution in [-0.4, -0.2) is 15.9 Å². The van der Waals surface area contributed by atoms with Crippen molar-refractivity contribution in [3.05, 3.63) is 68.0 Å². The summed E-state index contributed by atoms with van der Waals surface area (Å²) < 4.78 is 1.64. The van der Waals surface area contributed by atoms with Gasteiger partial charge in [-0.2, -0.15) is 10.3 Å². The molecule has 130 valence electrons. The summed E-state index contributed by atoms with van der Waals surface area (Å²) in [6.07, 6.45) is 6.61. The summed E-state index contributed by atoms with van der Waals surface area (Å²) in [5.74, 6) is 0.513. The van der Waals surface area contributed by atoms with Crippen molar-refractivity contribution in [2.45, 2.75) is 6.92 Å². The van der Waals surface area contributed by atoms with Crippen molar-refractivity contribution in [1.29, 1.82) is 5.26 Å². The van der Waals surface area contributed by atoms with Crippen LogP contribution in [-0.2, 0) is 0 Å². The summed E-state index contributed by atoms with van der Waals surface area (Å²) in [6, 6.07) is 7.10. The third-order valence-electron chi connectivity index (χ3n) is 2.58. The first kappa shape index (κ1) is 22.1. The van der Waals surface area contributed by atoms with Crippen molar-refractivity contribution in [3.8, 4) is 6.19 Å². The number of allylic oxidation sites excluding steroid dienone is 3. The predicted molar refractivity (Wildman–Crippen MR) is 114 cm³/mol. The van der Waals surface area contributed by atoms with E-state index >= 15 is 0 Å². The molecule has 0 radical (unpaired) electrons. The second kappa shape index (κ2) is 12.4. The van der Waals surface area contributed by atoms with Crippen LogP contribution in [0.2, 0.25) is 0 Å². The van der Waals surface area contributed by atoms with Crippen LogP contribution >= 0.6 is 62.7 Å². The molecule has 0 unspecified atom stereocenters. The van der Waals surface area contributed by atoms with Crippen LogP contribution in [0.15, 0.2) is 67.4 Å². The Hall–Kier alpha value is -0.970. The van der Waals surface area contributed by atoms with Gasteiger partial charge in [0.05, 0.1) is 0 Å². The van der Waals surface area contributed by atoms with Crippen LogP contribution in [0.25, 0.3) is 0 Å². The second-order valence-electron chi connectivity index (χ2n) is 4.53. The van der Waals surface area contributed by atoms with Crippen molar-refractivity contribution in [2.75, 3.05) is 5.75 Å². The molecule has 0 saturated heterocycles. The van der Waals surface area contributed by atoms with Crippen molar-refractivity contribution in [1.82, 2.24) is 0 Å². The van der Waals surface area contributed by atoms with Gasteiger partial charge in [-0.3, -0.25) is 4.79 Å². The van der Waals surface area contributed by atoms with Crippen molar-refractivity contribution < 1.29 is 4.79 Å². The average Bonchev–Trinajstić information content (AvgIpc) is 2.58. The number of carbonyl (C=O) groups is 1. The average molecular weight is 476 g/mol. The van der Waals surface area contributed by atoms with Gasteiger partial charge in [0.2, 0.25) is 6.19 Å². The third kappa shape index (κ3) is 9.93. The largest absolute Gasteiger partial charge is 0.289 e. The molecule has 0 heterocycles. The van der Waals surface area contributed by atoms with E-state index < -0.39 is 0 Å². The van der Waals surface area contributed by atoms with E-state index in [1.54, 1.807) is 35.9 Å². The van der Waals surface area contributed by atoms with Gasteiger partial charge in [0.25, 0.3) is 0 Å². The summed E-state index contributed by atoms with van der Waals surface area (Å²) in [5.41, 5.74) is 1.61. The number of carbonyl (C=O) groups excluding carboxylic acids is 1. The number of hydrogen-bond donors (Lipinski definition) is 0. The van der Waals surface area contributed by atoms with Crippen molar-refractivity contribution in [2.24, 2.45) is 4.99 Å². The molecule has 1 aromatic rings. The lowest BCUT2D eigenvalue weighted by Crippen LogP contribution is -1.93. The van der Waals surface area contributed by atoms with Crippen molar-refractivity contribution >= 4 is 72.8 Å².